The largest absolute Gasteiger partial charge is 0.326 e. The number of hydrogen-bond acceptors (Lipinski definition) is 1. The van der Waals surface area contributed by atoms with Crippen molar-refractivity contribution in [3.05, 3.63) is 64.1 Å². The number of benzene rings is 2. The first-order valence-electron chi connectivity index (χ1n) is 8.07. The Morgan fingerprint density at radius 1 is 1.17 bits per heavy atom. The molecule has 0 aromatic heterocycles. The number of para-hydroxylation sites is 1. The van der Waals surface area contributed by atoms with E-state index in [0.29, 0.717) is 6.54 Å². The molecule has 0 saturated carbocycles. The number of aryl methyl sites for hydroxylation is 1. The highest BCUT2D eigenvalue weighted by Crippen LogP contribution is 2.26. The summed E-state index contributed by atoms with van der Waals surface area (Å²) in [6.07, 6.45) is 2.12. The molecule has 1 unspecified atom stereocenters. The Balaban J connectivity index is 1.64. The first-order chi connectivity index (χ1) is 11.1. The third kappa shape index (κ3) is 4.01. The molecule has 0 radical (unpaired) electrons. The summed E-state index contributed by atoms with van der Waals surface area (Å²) in [6, 6.07) is 16.6. The molecule has 2 aromatic rings. The van der Waals surface area contributed by atoms with E-state index in [4.69, 9.17) is 0 Å². The number of amides is 1. The van der Waals surface area contributed by atoms with E-state index in [1.165, 1.54) is 16.0 Å². The van der Waals surface area contributed by atoms with Crippen LogP contribution in [-0.4, -0.2) is 26.0 Å². The second-order valence-electron chi connectivity index (χ2n) is 6.21. The van der Waals surface area contributed by atoms with Gasteiger partial charge in [0.15, 0.2) is 6.54 Å². The molecular weight excluding hydrogens is 352 g/mol. The first-order valence-corrected chi connectivity index (χ1v) is 8.87. The van der Waals surface area contributed by atoms with Gasteiger partial charge < -0.3 is 9.80 Å². The van der Waals surface area contributed by atoms with Crippen LogP contribution in [0.1, 0.15) is 17.5 Å². The summed E-state index contributed by atoms with van der Waals surface area (Å²) in [4.78, 5) is 15.9. The first kappa shape index (κ1) is 16.2. The fourth-order valence-corrected chi connectivity index (χ4v) is 3.42. The summed E-state index contributed by atoms with van der Waals surface area (Å²) < 4.78 is 1.08. The lowest BCUT2D eigenvalue weighted by atomic mass is 10.0. The molecule has 1 aliphatic heterocycles. The summed E-state index contributed by atoms with van der Waals surface area (Å²) >= 11 is 3.45. The Labute approximate surface area is 146 Å². The zero-order valence-electron chi connectivity index (χ0n) is 13.4. The number of quaternary nitrogens is 1. The molecule has 1 aliphatic rings. The zero-order valence-corrected chi connectivity index (χ0v) is 15.0. The quantitative estimate of drug-likeness (QED) is 0.874. The molecule has 0 spiro atoms. The maximum Gasteiger partial charge on any atom is 0.282 e. The average molecular weight is 374 g/mol. The molecule has 23 heavy (non-hydrogen) atoms. The maximum atomic E-state index is 12.7. The highest BCUT2D eigenvalue weighted by Gasteiger charge is 2.24. The van der Waals surface area contributed by atoms with Crippen molar-refractivity contribution in [2.45, 2.75) is 19.4 Å². The van der Waals surface area contributed by atoms with Gasteiger partial charge >= 0.3 is 0 Å². The number of nitrogens with one attached hydrogen (secondary N) is 1. The Kier molecular flexibility index (Phi) is 5.13. The molecule has 1 heterocycles. The van der Waals surface area contributed by atoms with Gasteiger partial charge in [0.1, 0.15) is 6.54 Å². The van der Waals surface area contributed by atoms with Crippen LogP contribution < -0.4 is 9.80 Å². The van der Waals surface area contributed by atoms with E-state index in [1.807, 2.05) is 23.1 Å². The Hall–Kier alpha value is -1.65. The highest BCUT2D eigenvalue weighted by molar-refractivity contribution is 9.10. The van der Waals surface area contributed by atoms with Crippen LogP contribution >= 0.6 is 15.9 Å². The van der Waals surface area contributed by atoms with Crippen molar-refractivity contribution in [3.63, 3.8) is 0 Å². The van der Waals surface area contributed by atoms with E-state index in [9.17, 15) is 4.79 Å². The fraction of sp³-hybridized carbons (Fsp3) is 0.316. The molecule has 0 bridgehead atoms. The second kappa shape index (κ2) is 7.28. The third-order valence-corrected chi connectivity index (χ3v) is 4.81. The number of fused-ring (bicyclic) bond motifs is 1. The Bertz CT molecular complexity index is 684. The molecule has 3 rings (SSSR count). The third-order valence-electron chi connectivity index (χ3n) is 4.28. The van der Waals surface area contributed by atoms with E-state index >= 15 is 0 Å². The average Bonchev–Trinajstić information content (AvgIpc) is 2.56. The van der Waals surface area contributed by atoms with Crippen LogP contribution in [-0.2, 0) is 17.8 Å². The second-order valence-corrected chi connectivity index (χ2v) is 7.13. The predicted molar refractivity (Wildman–Crippen MR) is 96.7 cm³/mol. The molecule has 2 aromatic carbocycles. The van der Waals surface area contributed by atoms with Gasteiger partial charge in [-0.05, 0) is 36.6 Å². The molecule has 1 N–H and O–H groups in total. The van der Waals surface area contributed by atoms with E-state index in [-0.39, 0.29) is 5.91 Å². The van der Waals surface area contributed by atoms with Crippen molar-refractivity contribution in [1.29, 1.82) is 0 Å². The van der Waals surface area contributed by atoms with Gasteiger partial charge in [-0.3, -0.25) is 4.79 Å². The van der Waals surface area contributed by atoms with E-state index < -0.39 is 0 Å². The summed E-state index contributed by atoms with van der Waals surface area (Å²) in [5.41, 5.74) is 3.63. The Morgan fingerprint density at radius 2 is 1.91 bits per heavy atom. The summed E-state index contributed by atoms with van der Waals surface area (Å²) in [6.45, 7) is 2.21. The molecule has 0 aliphatic carbocycles. The van der Waals surface area contributed by atoms with Crippen LogP contribution in [0.2, 0.25) is 0 Å². The van der Waals surface area contributed by atoms with E-state index in [0.717, 1.165) is 36.1 Å². The van der Waals surface area contributed by atoms with Crippen LogP contribution in [0.4, 0.5) is 5.69 Å². The van der Waals surface area contributed by atoms with Gasteiger partial charge in [-0.2, -0.15) is 0 Å². The minimum absolute atomic E-state index is 0.215. The van der Waals surface area contributed by atoms with Crippen LogP contribution in [0.25, 0.3) is 0 Å². The highest BCUT2D eigenvalue weighted by atomic mass is 79.9. The molecule has 0 saturated heterocycles. The molecule has 120 valence electrons. The summed E-state index contributed by atoms with van der Waals surface area (Å²) in [5, 5.41) is 0. The Morgan fingerprint density at radius 3 is 2.70 bits per heavy atom. The number of carbonyl (C=O) groups is 1. The lowest BCUT2D eigenvalue weighted by molar-refractivity contribution is -0.885. The smallest absolute Gasteiger partial charge is 0.282 e. The van der Waals surface area contributed by atoms with Crippen molar-refractivity contribution in [2.75, 3.05) is 25.0 Å². The molecule has 1 amide bonds. The number of rotatable bonds is 4. The van der Waals surface area contributed by atoms with E-state index in [2.05, 4.69) is 53.3 Å². The maximum absolute atomic E-state index is 12.7. The van der Waals surface area contributed by atoms with Crippen LogP contribution in [0.3, 0.4) is 0 Å². The predicted octanol–water partition coefficient (Wildman–Crippen LogP) is 2.44. The van der Waals surface area contributed by atoms with Crippen LogP contribution in [0.5, 0.6) is 0 Å². The topological polar surface area (TPSA) is 24.8 Å². The molecular formula is C19H22BrN2O+. The minimum Gasteiger partial charge on any atom is -0.326 e. The summed E-state index contributed by atoms with van der Waals surface area (Å²) in [5.74, 6) is 0.215. The fourth-order valence-electron chi connectivity index (χ4n) is 3.16. The number of carbonyl (C=O) groups excluding carboxylic acids is 1. The lowest BCUT2D eigenvalue weighted by Crippen LogP contribution is -3.09. The minimum atomic E-state index is 0.215. The van der Waals surface area contributed by atoms with Crippen molar-refractivity contribution in [3.8, 4) is 0 Å². The molecule has 1 atom stereocenters. The van der Waals surface area contributed by atoms with Crippen molar-refractivity contribution in [2.24, 2.45) is 0 Å². The number of anilines is 1. The SMILES string of the molecule is C[NH+](CC(=O)N1CCCc2ccccc21)Cc1ccc(Br)cc1. The lowest BCUT2D eigenvalue weighted by Gasteiger charge is -2.30. The van der Waals surface area contributed by atoms with Gasteiger partial charge in [-0.15, -0.1) is 0 Å². The number of likely N-dealkylation sites (N-methyl/N-ethyl adjacent to an activating group) is 1. The normalized spacial score (nSPS) is 15.1. The van der Waals surface area contributed by atoms with Crippen molar-refractivity contribution in [1.82, 2.24) is 0 Å². The molecule has 0 fully saturated rings. The van der Waals surface area contributed by atoms with E-state index in [1.54, 1.807) is 0 Å². The monoisotopic (exact) mass is 373 g/mol. The van der Waals surface area contributed by atoms with Gasteiger partial charge in [0.05, 0.1) is 7.05 Å². The summed E-state index contributed by atoms with van der Waals surface area (Å²) in [7, 11) is 2.08. The number of halogens is 1. The van der Waals surface area contributed by atoms with Crippen molar-refractivity contribution >= 4 is 27.5 Å². The molecule has 3 nitrogen and oxygen atoms in total. The molecule has 4 heteroatoms. The van der Waals surface area contributed by atoms with Crippen molar-refractivity contribution < 1.29 is 9.69 Å². The van der Waals surface area contributed by atoms with Gasteiger partial charge in [0.25, 0.3) is 5.91 Å². The van der Waals surface area contributed by atoms with Crippen LogP contribution in [0, 0.1) is 0 Å². The van der Waals surface area contributed by atoms with Gasteiger partial charge in [0, 0.05) is 22.3 Å². The van der Waals surface area contributed by atoms with Crippen LogP contribution in [0.15, 0.2) is 53.0 Å². The number of hydrogen-bond donors (Lipinski definition) is 1. The standard InChI is InChI=1S/C19H21BrN2O/c1-21(13-15-8-10-17(20)11-9-15)14-19(23)22-12-4-6-16-5-2-3-7-18(16)22/h2-3,5,7-11H,4,6,12-14H2,1H3/p+1. The van der Waals surface area contributed by atoms with Gasteiger partial charge in [-0.1, -0.05) is 46.3 Å². The zero-order chi connectivity index (χ0) is 16.2. The van der Waals surface area contributed by atoms with Gasteiger partial charge in [-0.25, -0.2) is 0 Å². The van der Waals surface area contributed by atoms with Gasteiger partial charge in [0.2, 0.25) is 0 Å². The number of nitrogens with zero attached hydrogens (tertiary/aromatic N) is 1.